The van der Waals surface area contributed by atoms with Gasteiger partial charge in [0.25, 0.3) is 5.69 Å². The number of rotatable bonds is 2. The van der Waals surface area contributed by atoms with Crippen molar-refractivity contribution in [2.24, 2.45) is 5.41 Å². The SMILES string of the molecule is N#Cc1cc(N2CCC3(CCCC3)CC2)ccc1[N+](=O)[O-]. The van der Waals surface area contributed by atoms with E-state index in [0.29, 0.717) is 5.41 Å². The molecular weight excluding hydrogens is 266 g/mol. The van der Waals surface area contributed by atoms with Gasteiger partial charge in [-0.05, 0) is 43.2 Å². The first-order chi connectivity index (χ1) is 10.1. The van der Waals surface area contributed by atoms with Gasteiger partial charge in [0, 0.05) is 24.8 Å². The van der Waals surface area contributed by atoms with Gasteiger partial charge >= 0.3 is 0 Å². The Labute approximate surface area is 124 Å². The van der Waals surface area contributed by atoms with Crippen LogP contribution in [0.2, 0.25) is 0 Å². The van der Waals surface area contributed by atoms with Crippen LogP contribution in [-0.4, -0.2) is 18.0 Å². The molecule has 2 fully saturated rings. The molecule has 110 valence electrons. The third-order valence-electron chi connectivity index (χ3n) is 5.15. The van der Waals surface area contributed by atoms with E-state index in [1.807, 2.05) is 6.07 Å². The van der Waals surface area contributed by atoms with Gasteiger partial charge in [0.2, 0.25) is 0 Å². The predicted octanol–water partition coefficient (Wildman–Crippen LogP) is 3.63. The monoisotopic (exact) mass is 285 g/mol. The van der Waals surface area contributed by atoms with Crippen LogP contribution in [0.25, 0.3) is 0 Å². The van der Waals surface area contributed by atoms with Crippen molar-refractivity contribution in [2.45, 2.75) is 38.5 Å². The van der Waals surface area contributed by atoms with Crippen molar-refractivity contribution in [3.05, 3.63) is 33.9 Å². The maximum atomic E-state index is 10.9. The van der Waals surface area contributed by atoms with Crippen LogP contribution in [0.5, 0.6) is 0 Å². The van der Waals surface area contributed by atoms with Crippen LogP contribution >= 0.6 is 0 Å². The second kappa shape index (κ2) is 5.36. The van der Waals surface area contributed by atoms with Crippen molar-refractivity contribution in [2.75, 3.05) is 18.0 Å². The first-order valence-electron chi connectivity index (χ1n) is 7.57. The third-order valence-corrected chi connectivity index (χ3v) is 5.15. The molecule has 1 saturated carbocycles. The molecular formula is C16H19N3O2. The number of benzene rings is 1. The minimum atomic E-state index is -0.494. The quantitative estimate of drug-likeness (QED) is 0.614. The Kier molecular flexibility index (Phi) is 3.54. The molecule has 21 heavy (non-hydrogen) atoms. The van der Waals surface area contributed by atoms with E-state index < -0.39 is 4.92 Å². The van der Waals surface area contributed by atoms with Crippen molar-refractivity contribution in [3.63, 3.8) is 0 Å². The van der Waals surface area contributed by atoms with Crippen molar-refractivity contribution in [3.8, 4) is 6.07 Å². The molecule has 0 radical (unpaired) electrons. The Balaban J connectivity index is 1.76. The molecule has 3 rings (SSSR count). The topological polar surface area (TPSA) is 70.2 Å². The zero-order valence-electron chi connectivity index (χ0n) is 12.0. The lowest BCUT2D eigenvalue weighted by Crippen LogP contribution is -2.38. The molecule has 1 spiro atoms. The van der Waals surface area contributed by atoms with Crippen LogP contribution in [0, 0.1) is 26.9 Å². The maximum absolute atomic E-state index is 10.9. The molecule has 0 unspecified atom stereocenters. The maximum Gasteiger partial charge on any atom is 0.287 e. The van der Waals surface area contributed by atoms with Crippen LogP contribution in [-0.2, 0) is 0 Å². The van der Waals surface area contributed by atoms with Gasteiger partial charge in [-0.15, -0.1) is 0 Å². The lowest BCUT2D eigenvalue weighted by atomic mass is 9.77. The highest BCUT2D eigenvalue weighted by atomic mass is 16.6. The van der Waals surface area contributed by atoms with Crippen LogP contribution in [0.1, 0.15) is 44.1 Å². The minimum Gasteiger partial charge on any atom is -0.371 e. The highest BCUT2D eigenvalue weighted by molar-refractivity contribution is 5.60. The summed E-state index contributed by atoms with van der Waals surface area (Å²) >= 11 is 0. The summed E-state index contributed by atoms with van der Waals surface area (Å²) in [7, 11) is 0. The molecule has 0 N–H and O–H groups in total. The van der Waals surface area contributed by atoms with E-state index in [0.717, 1.165) is 18.8 Å². The number of nitrogens with zero attached hydrogens (tertiary/aromatic N) is 3. The molecule has 5 heteroatoms. The molecule has 0 atom stereocenters. The van der Waals surface area contributed by atoms with E-state index in [1.165, 1.54) is 44.6 Å². The van der Waals surface area contributed by atoms with Crippen molar-refractivity contribution in [1.82, 2.24) is 0 Å². The molecule has 1 aliphatic heterocycles. The molecule has 1 aromatic rings. The summed E-state index contributed by atoms with van der Waals surface area (Å²) in [5.41, 5.74) is 1.53. The third kappa shape index (κ3) is 2.58. The van der Waals surface area contributed by atoms with Crippen LogP contribution in [0.3, 0.4) is 0 Å². The summed E-state index contributed by atoms with van der Waals surface area (Å²) in [6, 6.07) is 6.82. The molecule has 2 aliphatic rings. The first kappa shape index (κ1) is 13.9. The van der Waals surface area contributed by atoms with Crippen molar-refractivity contribution >= 4 is 11.4 Å². The molecule has 1 heterocycles. The fourth-order valence-electron chi connectivity index (χ4n) is 3.83. The number of anilines is 1. The fourth-order valence-corrected chi connectivity index (χ4v) is 3.83. The van der Waals surface area contributed by atoms with Gasteiger partial charge in [0.05, 0.1) is 4.92 Å². The van der Waals surface area contributed by atoms with E-state index in [2.05, 4.69) is 4.90 Å². The summed E-state index contributed by atoms with van der Waals surface area (Å²) in [5, 5.41) is 20.0. The first-order valence-corrected chi connectivity index (χ1v) is 7.57. The van der Waals surface area contributed by atoms with E-state index in [1.54, 1.807) is 12.1 Å². The normalized spacial score (nSPS) is 20.4. The second-order valence-corrected chi connectivity index (χ2v) is 6.26. The Hall–Kier alpha value is -2.09. The Morgan fingerprint density at radius 3 is 2.43 bits per heavy atom. The van der Waals surface area contributed by atoms with Crippen molar-refractivity contribution in [1.29, 1.82) is 5.26 Å². The minimum absolute atomic E-state index is 0.106. The molecule has 0 amide bonds. The van der Waals surface area contributed by atoms with Gasteiger partial charge < -0.3 is 4.90 Å². The number of nitro benzene ring substituents is 1. The molecule has 1 aliphatic carbocycles. The summed E-state index contributed by atoms with van der Waals surface area (Å²) in [5.74, 6) is 0. The average molecular weight is 285 g/mol. The Morgan fingerprint density at radius 2 is 1.86 bits per heavy atom. The molecule has 0 aromatic heterocycles. The molecule has 1 saturated heterocycles. The Morgan fingerprint density at radius 1 is 1.19 bits per heavy atom. The highest BCUT2D eigenvalue weighted by Crippen LogP contribution is 2.46. The summed E-state index contributed by atoms with van der Waals surface area (Å²) in [6.45, 7) is 1.98. The number of nitro groups is 1. The molecule has 5 nitrogen and oxygen atoms in total. The van der Waals surface area contributed by atoms with Crippen LogP contribution in [0.15, 0.2) is 18.2 Å². The van der Waals surface area contributed by atoms with Gasteiger partial charge in [-0.2, -0.15) is 5.26 Å². The van der Waals surface area contributed by atoms with Gasteiger partial charge in [-0.3, -0.25) is 10.1 Å². The summed E-state index contributed by atoms with van der Waals surface area (Å²) in [4.78, 5) is 12.6. The predicted molar refractivity (Wildman–Crippen MR) is 80.2 cm³/mol. The molecule has 1 aromatic carbocycles. The van der Waals surface area contributed by atoms with Crippen LogP contribution < -0.4 is 4.90 Å². The number of hydrogen-bond donors (Lipinski definition) is 0. The fraction of sp³-hybridized carbons (Fsp3) is 0.562. The number of piperidine rings is 1. The van der Waals surface area contributed by atoms with E-state index in [-0.39, 0.29) is 11.3 Å². The smallest absolute Gasteiger partial charge is 0.287 e. The van der Waals surface area contributed by atoms with Crippen LogP contribution in [0.4, 0.5) is 11.4 Å². The van der Waals surface area contributed by atoms with Gasteiger partial charge in [-0.1, -0.05) is 12.8 Å². The van der Waals surface area contributed by atoms with Gasteiger partial charge in [0.1, 0.15) is 11.6 Å². The van der Waals surface area contributed by atoms with E-state index >= 15 is 0 Å². The summed E-state index contributed by atoms with van der Waals surface area (Å²) in [6.07, 6.45) is 7.82. The van der Waals surface area contributed by atoms with Gasteiger partial charge in [-0.25, -0.2) is 0 Å². The Bertz CT molecular complexity index is 590. The van der Waals surface area contributed by atoms with Crippen molar-refractivity contribution < 1.29 is 4.92 Å². The number of hydrogen-bond acceptors (Lipinski definition) is 4. The lowest BCUT2D eigenvalue weighted by molar-refractivity contribution is -0.385. The lowest BCUT2D eigenvalue weighted by Gasteiger charge is -2.40. The number of nitriles is 1. The largest absolute Gasteiger partial charge is 0.371 e. The highest BCUT2D eigenvalue weighted by Gasteiger charge is 2.37. The summed E-state index contributed by atoms with van der Waals surface area (Å²) < 4.78 is 0. The van der Waals surface area contributed by atoms with E-state index in [4.69, 9.17) is 5.26 Å². The van der Waals surface area contributed by atoms with Gasteiger partial charge in [0.15, 0.2) is 0 Å². The molecule has 0 bridgehead atoms. The zero-order chi connectivity index (χ0) is 14.9. The average Bonchev–Trinajstić information content (AvgIpc) is 2.95. The van der Waals surface area contributed by atoms with E-state index in [9.17, 15) is 10.1 Å². The zero-order valence-corrected chi connectivity index (χ0v) is 12.0. The second-order valence-electron chi connectivity index (χ2n) is 6.26. The standard InChI is InChI=1S/C16H19N3O2/c17-12-13-11-14(3-4-15(13)19(20)21)18-9-7-16(8-10-18)5-1-2-6-16/h3-4,11H,1-2,5-10H2.